The lowest BCUT2D eigenvalue weighted by Gasteiger charge is -2.12. The molecular weight excluding hydrogens is 266 g/mol. The van der Waals surface area contributed by atoms with Crippen LogP contribution < -0.4 is 19.9 Å². The highest BCUT2D eigenvalue weighted by atomic mass is 16.5. The lowest BCUT2D eigenvalue weighted by molar-refractivity contribution is 0.246. The minimum Gasteiger partial charge on any atom is -0.497 e. The third-order valence-corrected chi connectivity index (χ3v) is 3.05. The van der Waals surface area contributed by atoms with Gasteiger partial charge in [-0.25, -0.2) is 0 Å². The van der Waals surface area contributed by atoms with E-state index < -0.39 is 0 Å². The Morgan fingerprint density at radius 3 is 2.38 bits per heavy atom. The molecule has 2 N–H and O–H groups in total. The molecule has 0 aliphatic heterocycles. The lowest BCUT2D eigenvalue weighted by atomic mass is 10.2. The Morgan fingerprint density at radius 1 is 0.905 bits per heavy atom. The van der Waals surface area contributed by atoms with Gasteiger partial charge in [0.15, 0.2) is 0 Å². The number of methoxy groups -OCH3 is 1. The van der Waals surface area contributed by atoms with Gasteiger partial charge < -0.3 is 19.9 Å². The maximum atomic E-state index is 5.75. The van der Waals surface area contributed by atoms with Crippen molar-refractivity contribution in [1.82, 2.24) is 0 Å². The van der Waals surface area contributed by atoms with Crippen LogP contribution in [0.2, 0.25) is 0 Å². The number of benzene rings is 2. The molecule has 0 aromatic heterocycles. The molecule has 0 bridgehead atoms. The maximum Gasteiger partial charge on any atom is 0.124 e. The standard InChI is InChI=1S/C17H21NO3/c1-19-16-8-9-17(14(12-16)13-18)21-11-5-10-20-15-6-3-2-4-7-15/h2-4,6-9,12H,5,10-11,13,18H2,1H3. The van der Waals surface area contributed by atoms with Crippen LogP contribution in [0.25, 0.3) is 0 Å². The van der Waals surface area contributed by atoms with E-state index in [-0.39, 0.29) is 0 Å². The normalized spacial score (nSPS) is 10.2. The van der Waals surface area contributed by atoms with Crippen LogP contribution in [-0.2, 0) is 6.54 Å². The molecule has 21 heavy (non-hydrogen) atoms. The molecule has 0 saturated carbocycles. The summed E-state index contributed by atoms with van der Waals surface area (Å²) in [6.45, 7) is 1.64. The molecule has 4 heteroatoms. The topological polar surface area (TPSA) is 53.7 Å². The largest absolute Gasteiger partial charge is 0.497 e. The van der Waals surface area contributed by atoms with Crippen molar-refractivity contribution in [1.29, 1.82) is 0 Å². The van der Waals surface area contributed by atoms with Gasteiger partial charge in [0.2, 0.25) is 0 Å². The predicted octanol–water partition coefficient (Wildman–Crippen LogP) is 3.00. The van der Waals surface area contributed by atoms with E-state index in [1.165, 1.54) is 0 Å². The number of hydrogen-bond acceptors (Lipinski definition) is 4. The van der Waals surface area contributed by atoms with Crippen molar-refractivity contribution >= 4 is 0 Å². The van der Waals surface area contributed by atoms with Crippen LogP contribution in [-0.4, -0.2) is 20.3 Å². The molecule has 0 amide bonds. The van der Waals surface area contributed by atoms with Crippen LogP contribution in [0.15, 0.2) is 48.5 Å². The fraction of sp³-hybridized carbons (Fsp3) is 0.294. The van der Waals surface area contributed by atoms with E-state index >= 15 is 0 Å². The van der Waals surface area contributed by atoms with E-state index in [1.807, 2.05) is 48.5 Å². The molecule has 0 heterocycles. The molecule has 2 rings (SSSR count). The van der Waals surface area contributed by atoms with Gasteiger partial charge in [0.25, 0.3) is 0 Å². The molecule has 2 aromatic rings. The molecule has 4 nitrogen and oxygen atoms in total. The highest BCUT2D eigenvalue weighted by Crippen LogP contribution is 2.23. The third kappa shape index (κ3) is 4.68. The first-order chi connectivity index (χ1) is 10.3. The zero-order chi connectivity index (χ0) is 14.9. The summed E-state index contributed by atoms with van der Waals surface area (Å²) in [5.74, 6) is 2.47. The lowest BCUT2D eigenvalue weighted by Crippen LogP contribution is -2.07. The molecule has 0 atom stereocenters. The zero-order valence-electron chi connectivity index (χ0n) is 12.2. The minimum absolute atomic E-state index is 0.424. The summed E-state index contributed by atoms with van der Waals surface area (Å²) in [4.78, 5) is 0. The molecule has 0 saturated heterocycles. The second-order valence-corrected chi connectivity index (χ2v) is 4.54. The Hall–Kier alpha value is -2.20. The quantitative estimate of drug-likeness (QED) is 0.758. The first-order valence-corrected chi connectivity index (χ1v) is 7.01. The third-order valence-electron chi connectivity index (χ3n) is 3.05. The van der Waals surface area contributed by atoms with E-state index in [0.717, 1.165) is 29.2 Å². The molecule has 112 valence electrons. The van der Waals surface area contributed by atoms with Crippen molar-refractivity contribution in [3.05, 3.63) is 54.1 Å². The predicted molar refractivity (Wildman–Crippen MR) is 82.9 cm³/mol. The van der Waals surface area contributed by atoms with Gasteiger partial charge in [0.1, 0.15) is 17.2 Å². The fourth-order valence-corrected chi connectivity index (χ4v) is 1.93. The molecule has 0 aliphatic rings. The van der Waals surface area contributed by atoms with Crippen LogP contribution in [0.3, 0.4) is 0 Å². The van der Waals surface area contributed by atoms with Gasteiger partial charge in [0.05, 0.1) is 20.3 Å². The van der Waals surface area contributed by atoms with Crippen LogP contribution >= 0.6 is 0 Å². The van der Waals surface area contributed by atoms with Crippen LogP contribution in [0.5, 0.6) is 17.2 Å². The Kier molecular flexibility index (Phi) is 5.91. The van der Waals surface area contributed by atoms with E-state index in [1.54, 1.807) is 7.11 Å². The van der Waals surface area contributed by atoms with Gasteiger partial charge >= 0.3 is 0 Å². The van der Waals surface area contributed by atoms with Crippen molar-refractivity contribution in [3.63, 3.8) is 0 Å². The molecule has 0 radical (unpaired) electrons. The summed E-state index contributed by atoms with van der Waals surface area (Å²) >= 11 is 0. The average Bonchev–Trinajstić information content (AvgIpc) is 2.55. The first kappa shape index (κ1) is 15.2. The van der Waals surface area contributed by atoms with Gasteiger partial charge in [-0.05, 0) is 30.3 Å². The monoisotopic (exact) mass is 287 g/mol. The van der Waals surface area contributed by atoms with Crippen molar-refractivity contribution in [2.24, 2.45) is 5.73 Å². The fourth-order valence-electron chi connectivity index (χ4n) is 1.93. The molecule has 2 aromatic carbocycles. The Labute approximate surface area is 125 Å². The summed E-state index contributed by atoms with van der Waals surface area (Å²) in [5, 5.41) is 0. The van der Waals surface area contributed by atoms with E-state index in [0.29, 0.717) is 19.8 Å². The van der Waals surface area contributed by atoms with Gasteiger partial charge in [-0.15, -0.1) is 0 Å². The first-order valence-electron chi connectivity index (χ1n) is 7.01. The molecular formula is C17H21NO3. The highest BCUT2D eigenvalue weighted by molar-refractivity contribution is 5.40. The van der Waals surface area contributed by atoms with Gasteiger partial charge in [0, 0.05) is 18.5 Å². The zero-order valence-corrected chi connectivity index (χ0v) is 12.2. The van der Waals surface area contributed by atoms with Gasteiger partial charge in [-0.1, -0.05) is 18.2 Å². The SMILES string of the molecule is COc1ccc(OCCCOc2ccccc2)c(CN)c1. The van der Waals surface area contributed by atoms with Crippen LogP contribution in [0, 0.1) is 0 Å². The smallest absolute Gasteiger partial charge is 0.124 e. The highest BCUT2D eigenvalue weighted by Gasteiger charge is 2.04. The number of nitrogens with two attached hydrogens (primary N) is 1. The summed E-state index contributed by atoms with van der Waals surface area (Å²) in [6.07, 6.45) is 0.810. The van der Waals surface area contributed by atoms with Crippen molar-refractivity contribution in [2.75, 3.05) is 20.3 Å². The summed E-state index contributed by atoms with van der Waals surface area (Å²) in [5.41, 5.74) is 6.66. The van der Waals surface area contributed by atoms with Crippen LogP contribution in [0.4, 0.5) is 0 Å². The van der Waals surface area contributed by atoms with Crippen molar-refractivity contribution < 1.29 is 14.2 Å². The molecule has 0 aliphatic carbocycles. The summed E-state index contributed by atoms with van der Waals surface area (Å²) in [7, 11) is 1.64. The van der Waals surface area contributed by atoms with E-state index in [4.69, 9.17) is 19.9 Å². The Bertz CT molecular complexity index is 543. The maximum absolute atomic E-state index is 5.75. The molecule has 0 spiro atoms. The Balaban J connectivity index is 1.76. The molecule has 0 fully saturated rings. The second kappa shape index (κ2) is 8.17. The summed E-state index contributed by atoms with van der Waals surface area (Å²) < 4.78 is 16.5. The Morgan fingerprint density at radius 2 is 1.67 bits per heavy atom. The number of rotatable bonds is 8. The number of ether oxygens (including phenoxy) is 3. The van der Waals surface area contributed by atoms with E-state index in [2.05, 4.69) is 0 Å². The molecule has 0 unspecified atom stereocenters. The average molecular weight is 287 g/mol. The number of para-hydroxylation sites is 1. The second-order valence-electron chi connectivity index (χ2n) is 4.54. The van der Waals surface area contributed by atoms with Gasteiger partial charge in [-0.2, -0.15) is 0 Å². The van der Waals surface area contributed by atoms with Gasteiger partial charge in [-0.3, -0.25) is 0 Å². The summed E-state index contributed by atoms with van der Waals surface area (Å²) in [6, 6.07) is 15.4. The minimum atomic E-state index is 0.424. The van der Waals surface area contributed by atoms with E-state index in [9.17, 15) is 0 Å². The van der Waals surface area contributed by atoms with Crippen molar-refractivity contribution in [2.45, 2.75) is 13.0 Å². The van der Waals surface area contributed by atoms with Crippen molar-refractivity contribution in [3.8, 4) is 17.2 Å². The van der Waals surface area contributed by atoms with Crippen LogP contribution in [0.1, 0.15) is 12.0 Å². The number of hydrogen-bond donors (Lipinski definition) is 1.